The number of carbonyl (C=O) groups excluding carboxylic acids is 2. The van der Waals surface area contributed by atoms with Crippen molar-refractivity contribution < 1.29 is 14.3 Å². The van der Waals surface area contributed by atoms with Crippen LogP contribution in [0.15, 0.2) is 30.3 Å². The van der Waals surface area contributed by atoms with Crippen molar-refractivity contribution in [2.45, 2.75) is 39.3 Å². The molecule has 0 atom stereocenters. The fraction of sp³-hybridized carbons (Fsp3) is 0.467. The van der Waals surface area contributed by atoms with E-state index in [-0.39, 0.29) is 24.6 Å². The van der Waals surface area contributed by atoms with Gasteiger partial charge in [0.25, 0.3) is 0 Å². The minimum Gasteiger partial charge on any atom is -0.445 e. The number of carbonyl (C=O) groups is 2. The van der Waals surface area contributed by atoms with Crippen LogP contribution in [0.3, 0.4) is 0 Å². The van der Waals surface area contributed by atoms with Crippen LogP contribution in [0.1, 0.15) is 32.8 Å². The molecule has 0 saturated carbocycles. The Morgan fingerprint density at radius 2 is 1.85 bits per heavy atom. The van der Waals surface area contributed by atoms with Crippen molar-refractivity contribution in [3.63, 3.8) is 0 Å². The van der Waals surface area contributed by atoms with Crippen LogP contribution in [-0.4, -0.2) is 24.1 Å². The lowest BCUT2D eigenvalue weighted by molar-refractivity contribution is -0.121. The molecule has 0 aliphatic heterocycles. The van der Waals surface area contributed by atoms with Crippen LogP contribution in [-0.2, 0) is 16.1 Å². The third kappa shape index (κ3) is 6.22. The third-order valence-electron chi connectivity index (χ3n) is 2.97. The van der Waals surface area contributed by atoms with Crippen molar-refractivity contribution in [3.8, 4) is 0 Å². The molecule has 1 aromatic carbocycles. The monoisotopic (exact) mass is 278 g/mol. The molecule has 0 bridgehead atoms. The van der Waals surface area contributed by atoms with E-state index < -0.39 is 6.09 Å². The molecule has 0 aliphatic carbocycles. The number of alkyl carbamates (subject to hydrolysis) is 1. The summed E-state index contributed by atoms with van der Waals surface area (Å²) in [5.41, 5.74) is 0.631. The summed E-state index contributed by atoms with van der Waals surface area (Å²) in [5.74, 6) is -0.228. The fourth-order valence-electron chi connectivity index (χ4n) is 1.44. The lowest BCUT2D eigenvalue weighted by atomic mass is 10.0. The van der Waals surface area contributed by atoms with Gasteiger partial charge in [-0.25, -0.2) is 4.79 Å². The maximum Gasteiger partial charge on any atom is 0.407 e. The summed E-state index contributed by atoms with van der Waals surface area (Å²) in [6.07, 6.45) is 0.218. The summed E-state index contributed by atoms with van der Waals surface area (Å²) in [5, 5.41) is 5.25. The molecule has 5 nitrogen and oxygen atoms in total. The molecule has 1 rings (SSSR count). The minimum atomic E-state index is -0.599. The molecule has 1 aromatic rings. The van der Waals surface area contributed by atoms with Gasteiger partial charge in [-0.15, -0.1) is 0 Å². The molecule has 0 radical (unpaired) electrons. The highest BCUT2D eigenvalue weighted by Gasteiger charge is 2.17. The molecule has 5 heteroatoms. The molecule has 0 aromatic heterocycles. The van der Waals surface area contributed by atoms with Gasteiger partial charge in [0, 0.05) is 5.54 Å². The molecule has 0 unspecified atom stereocenters. The molecule has 0 aliphatic rings. The van der Waals surface area contributed by atoms with Gasteiger partial charge in [0.1, 0.15) is 13.2 Å². The van der Waals surface area contributed by atoms with Crippen molar-refractivity contribution in [1.82, 2.24) is 10.6 Å². The van der Waals surface area contributed by atoms with Gasteiger partial charge >= 0.3 is 6.09 Å². The zero-order valence-corrected chi connectivity index (χ0v) is 12.2. The molecule has 0 saturated heterocycles. The number of amides is 2. The number of hydrogen-bond acceptors (Lipinski definition) is 3. The molecule has 0 spiro atoms. The van der Waals surface area contributed by atoms with Crippen LogP contribution >= 0.6 is 0 Å². The van der Waals surface area contributed by atoms with Crippen LogP contribution in [0.5, 0.6) is 0 Å². The zero-order chi connectivity index (χ0) is 15.0. The van der Waals surface area contributed by atoms with Crippen molar-refractivity contribution in [2.75, 3.05) is 6.54 Å². The Hall–Kier alpha value is -2.04. The Bertz CT molecular complexity index is 444. The third-order valence-corrected chi connectivity index (χ3v) is 2.97. The van der Waals surface area contributed by atoms with Gasteiger partial charge in [-0.2, -0.15) is 0 Å². The Morgan fingerprint density at radius 3 is 2.45 bits per heavy atom. The summed E-state index contributed by atoms with van der Waals surface area (Å²) in [6.45, 7) is 5.95. The maximum atomic E-state index is 11.6. The molecule has 0 fully saturated rings. The second-order valence-corrected chi connectivity index (χ2v) is 5.20. The predicted molar refractivity (Wildman–Crippen MR) is 77.1 cm³/mol. The van der Waals surface area contributed by atoms with E-state index in [1.54, 1.807) is 0 Å². The van der Waals surface area contributed by atoms with Gasteiger partial charge in [0.15, 0.2) is 0 Å². The van der Waals surface area contributed by atoms with Crippen LogP contribution in [0.2, 0.25) is 0 Å². The van der Waals surface area contributed by atoms with Gasteiger partial charge in [-0.1, -0.05) is 37.3 Å². The summed E-state index contributed by atoms with van der Waals surface area (Å²) in [4.78, 5) is 23.1. The van der Waals surface area contributed by atoms with Gasteiger partial charge < -0.3 is 15.4 Å². The van der Waals surface area contributed by atoms with Crippen LogP contribution in [0.25, 0.3) is 0 Å². The van der Waals surface area contributed by atoms with Crippen molar-refractivity contribution >= 4 is 12.0 Å². The summed E-state index contributed by atoms with van der Waals surface area (Å²) in [6, 6.07) is 9.37. The van der Waals surface area contributed by atoms with E-state index in [9.17, 15) is 9.59 Å². The average Bonchev–Trinajstić information content (AvgIpc) is 2.43. The highest BCUT2D eigenvalue weighted by Crippen LogP contribution is 2.05. The molecular weight excluding hydrogens is 256 g/mol. The van der Waals surface area contributed by atoms with E-state index in [4.69, 9.17) is 4.74 Å². The lowest BCUT2D eigenvalue weighted by Gasteiger charge is -2.24. The van der Waals surface area contributed by atoms with Crippen LogP contribution in [0, 0.1) is 0 Å². The summed E-state index contributed by atoms with van der Waals surface area (Å²) < 4.78 is 5.00. The van der Waals surface area contributed by atoms with E-state index in [1.165, 1.54) is 0 Å². The molecular formula is C15H22N2O3. The van der Waals surface area contributed by atoms with Gasteiger partial charge in [-0.05, 0) is 25.8 Å². The van der Waals surface area contributed by atoms with Crippen molar-refractivity contribution in [2.24, 2.45) is 0 Å². The Labute approximate surface area is 119 Å². The molecule has 2 amide bonds. The smallest absolute Gasteiger partial charge is 0.407 e. The normalized spacial score (nSPS) is 10.8. The standard InChI is InChI=1S/C15H22N2O3/c1-4-15(2,3)17-13(18)10-16-14(19)20-11-12-8-6-5-7-9-12/h5-9H,4,10-11H2,1-3H3,(H,16,19)(H,17,18). The van der Waals surface area contributed by atoms with Gasteiger partial charge in [0.2, 0.25) is 5.91 Å². The Kier molecular flexibility index (Phi) is 6.03. The first kappa shape index (κ1) is 16.0. The van der Waals surface area contributed by atoms with E-state index in [0.29, 0.717) is 0 Å². The van der Waals surface area contributed by atoms with E-state index in [0.717, 1.165) is 12.0 Å². The molecule has 0 heterocycles. The second kappa shape index (κ2) is 7.53. The molecule has 20 heavy (non-hydrogen) atoms. The second-order valence-electron chi connectivity index (χ2n) is 5.20. The highest BCUT2D eigenvalue weighted by atomic mass is 16.5. The van der Waals surface area contributed by atoms with E-state index in [2.05, 4.69) is 10.6 Å². The maximum absolute atomic E-state index is 11.6. The summed E-state index contributed by atoms with van der Waals surface area (Å²) >= 11 is 0. The SMILES string of the molecule is CCC(C)(C)NC(=O)CNC(=O)OCc1ccccc1. The van der Waals surface area contributed by atoms with Gasteiger partial charge in [-0.3, -0.25) is 4.79 Å². The van der Waals surface area contributed by atoms with Crippen molar-refractivity contribution in [3.05, 3.63) is 35.9 Å². The minimum absolute atomic E-state index is 0.0863. The van der Waals surface area contributed by atoms with E-state index >= 15 is 0 Å². The quantitative estimate of drug-likeness (QED) is 0.838. The first-order valence-corrected chi connectivity index (χ1v) is 6.68. The number of rotatable bonds is 6. The van der Waals surface area contributed by atoms with Gasteiger partial charge in [0.05, 0.1) is 0 Å². The number of ether oxygens (including phenoxy) is 1. The Balaban J connectivity index is 2.25. The first-order valence-electron chi connectivity index (χ1n) is 6.68. The largest absolute Gasteiger partial charge is 0.445 e. The molecule has 2 N–H and O–H groups in total. The van der Waals surface area contributed by atoms with Crippen molar-refractivity contribution in [1.29, 1.82) is 0 Å². The number of nitrogens with one attached hydrogen (secondary N) is 2. The summed E-state index contributed by atoms with van der Waals surface area (Å²) in [7, 11) is 0. The highest BCUT2D eigenvalue weighted by molar-refractivity contribution is 5.82. The zero-order valence-electron chi connectivity index (χ0n) is 12.2. The lowest BCUT2D eigenvalue weighted by Crippen LogP contribution is -2.47. The first-order chi connectivity index (χ1) is 9.43. The number of hydrogen-bond donors (Lipinski definition) is 2. The number of benzene rings is 1. The average molecular weight is 278 g/mol. The topological polar surface area (TPSA) is 67.4 Å². The fourth-order valence-corrected chi connectivity index (χ4v) is 1.44. The van der Waals surface area contributed by atoms with Crippen LogP contribution in [0.4, 0.5) is 4.79 Å². The predicted octanol–water partition coefficient (Wildman–Crippen LogP) is 2.22. The molecule has 110 valence electrons. The Morgan fingerprint density at radius 1 is 1.20 bits per heavy atom. The van der Waals surface area contributed by atoms with Crippen LogP contribution < -0.4 is 10.6 Å². The van der Waals surface area contributed by atoms with E-state index in [1.807, 2.05) is 51.1 Å².